The summed E-state index contributed by atoms with van der Waals surface area (Å²) >= 11 is 1.65. The number of carbonyl (C=O) groups excluding carboxylic acids is 2. The Kier molecular flexibility index (Phi) is 5.72. The van der Waals surface area contributed by atoms with Crippen molar-refractivity contribution >= 4 is 23.2 Å². The molecule has 21 heavy (non-hydrogen) atoms. The summed E-state index contributed by atoms with van der Waals surface area (Å²) in [4.78, 5) is 28.9. The first-order chi connectivity index (χ1) is 10.1. The van der Waals surface area contributed by atoms with Gasteiger partial charge in [-0.15, -0.1) is 11.3 Å². The van der Waals surface area contributed by atoms with E-state index in [4.69, 9.17) is 5.11 Å². The van der Waals surface area contributed by atoms with Gasteiger partial charge in [-0.3, -0.25) is 14.5 Å². The number of nitrogens with one attached hydrogen (secondary N) is 1. The summed E-state index contributed by atoms with van der Waals surface area (Å²) in [6, 6.07) is 3.59. The van der Waals surface area contributed by atoms with Crippen molar-refractivity contribution in [2.24, 2.45) is 0 Å². The molecule has 116 valence electrons. The van der Waals surface area contributed by atoms with E-state index >= 15 is 0 Å². The van der Waals surface area contributed by atoms with Gasteiger partial charge in [0.05, 0.1) is 19.1 Å². The van der Waals surface area contributed by atoms with Crippen molar-refractivity contribution < 1.29 is 14.7 Å². The van der Waals surface area contributed by atoms with E-state index in [9.17, 15) is 9.59 Å². The van der Waals surface area contributed by atoms with Crippen molar-refractivity contribution in [3.63, 3.8) is 0 Å². The quantitative estimate of drug-likeness (QED) is 0.769. The highest BCUT2D eigenvalue weighted by atomic mass is 32.1. The van der Waals surface area contributed by atoms with Gasteiger partial charge < -0.3 is 15.3 Å². The number of likely N-dealkylation sites (N-methyl/N-ethyl adjacent to an activating group) is 1. The van der Waals surface area contributed by atoms with Crippen molar-refractivity contribution in [3.8, 4) is 0 Å². The minimum absolute atomic E-state index is 0.0714. The number of amides is 2. The van der Waals surface area contributed by atoms with Crippen LogP contribution in [-0.4, -0.2) is 66.1 Å². The summed E-state index contributed by atoms with van der Waals surface area (Å²) < 4.78 is 0. The molecule has 2 rings (SSSR count). The monoisotopic (exact) mass is 311 g/mol. The Morgan fingerprint density at radius 3 is 3.10 bits per heavy atom. The van der Waals surface area contributed by atoms with Gasteiger partial charge in [0, 0.05) is 38.1 Å². The van der Waals surface area contributed by atoms with E-state index in [0.717, 1.165) is 6.54 Å². The standard InChI is InChI=1S/C14H21N3O3S/c1-16(6-7-18)13(19)9-12-14(20)15-4-5-17(12)10-11-3-2-8-21-11/h2-3,8,12,18H,4-7,9-10H2,1H3,(H,15,20)/t12-/m1/s1. The third-order valence-electron chi connectivity index (χ3n) is 3.61. The summed E-state index contributed by atoms with van der Waals surface area (Å²) in [5.74, 6) is -0.217. The molecule has 0 unspecified atom stereocenters. The van der Waals surface area contributed by atoms with Gasteiger partial charge in [0.2, 0.25) is 11.8 Å². The Hall–Kier alpha value is -1.44. The highest BCUT2D eigenvalue weighted by Crippen LogP contribution is 2.17. The van der Waals surface area contributed by atoms with E-state index in [0.29, 0.717) is 13.1 Å². The molecule has 0 spiro atoms. The van der Waals surface area contributed by atoms with Gasteiger partial charge >= 0.3 is 0 Å². The van der Waals surface area contributed by atoms with Gasteiger partial charge in [-0.1, -0.05) is 6.07 Å². The number of hydrogen-bond acceptors (Lipinski definition) is 5. The van der Waals surface area contributed by atoms with Crippen LogP contribution in [-0.2, 0) is 16.1 Å². The van der Waals surface area contributed by atoms with Crippen LogP contribution in [0.1, 0.15) is 11.3 Å². The Balaban J connectivity index is 2.01. The second-order valence-electron chi connectivity index (χ2n) is 5.10. The largest absolute Gasteiger partial charge is 0.395 e. The average Bonchev–Trinajstić information content (AvgIpc) is 2.95. The molecule has 0 radical (unpaired) electrons. The zero-order valence-electron chi connectivity index (χ0n) is 12.1. The van der Waals surface area contributed by atoms with E-state index in [1.807, 2.05) is 17.5 Å². The van der Waals surface area contributed by atoms with Crippen LogP contribution in [0.4, 0.5) is 0 Å². The van der Waals surface area contributed by atoms with Crippen LogP contribution in [0, 0.1) is 0 Å². The van der Waals surface area contributed by atoms with Gasteiger partial charge in [0.25, 0.3) is 0 Å². The smallest absolute Gasteiger partial charge is 0.237 e. The molecule has 1 aliphatic heterocycles. The molecule has 2 amide bonds. The molecule has 1 atom stereocenters. The maximum Gasteiger partial charge on any atom is 0.237 e. The lowest BCUT2D eigenvalue weighted by molar-refractivity contribution is -0.138. The summed E-state index contributed by atoms with van der Waals surface area (Å²) in [6.07, 6.45) is 0.147. The SMILES string of the molecule is CN(CCO)C(=O)C[C@@H]1C(=O)NCCN1Cc1cccs1. The lowest BCUT2D eigenvalue weighted by atomic mass is 10.1. The van der Waals surface area contributed by atoms with Crippen LogP contribution in [0.2, 0.25) is 0 Å². The Morgan fingerprint density at radius 2 is 2.43 bits per heavy atom. The van der Waals surface area contributed by atoms with Crippen LogP contribution in [0.5, 0.6) is 0 Å². The molecule has 0 saturated carbocycles. The van der Waals surface area contributed by atoms with Gasteiger partial charge in [-0.25, -0.2) is 0 Å². The molecule has 1 fully saturated rings. The molecule has 2 N–H and O–H groups in total. The van der Waals surface area contributed by atoms with Crippen LogP contribution in [0.15, 0.2) is 17.5 Å². The lowest BCUT2D eigenvalue weighted by Crippen LogP contribution is -2.56. The fourth-order valence-electron chi connectivity index (χ4n) is 2.37. The average molecular weight is 311 g/mol. The Labute approximate surface area is 128 Å². The second kappa shape index (κ2) is 7.53. The fraction of sp³-hybridized carbons (Fsp3) is 0.571. The van der Waals surface area contributed by atoms with Gasteiger partial charge in [-0.05, 0) is 11.4 Å². The normalized spacial score (nSPS) is 19.3. The van der Waals surface area contributed by atoms with Crippen LogP contribution in [0.25, 0.3) is 0 Å². The molecule has 7 heteroatoms. The Morgan fingerprint density at radius 1 is 1.62 bits per heavy atom. The number of carbonyl (C=O) groups is 2. The van der Waals surface area contributed by atoms with E-state index in [-0.39, 0.29) is 31.4 Å². The number of rotatable bonds is 6. The topological polar surface area (TPSA) is 72.9 Å². The maximum atomic E-state index is 12.1. The molecule has 1 saturated heterocycles. The summed E-state index contributed by atoms with van der Waals surface area (Å²) in [5.41, 5.74) is 0. The molecule has 2 heterocycles. The second-order valence-corrected chi connectivity index (χ2v) is 6.13. The summed E-state index contributed by atoms with van der Waals surface area (Å²) in [7, 11) is 1.64. The molecule has 1 aromatic rings. The molecule has 0 aromatic carbocycles. The third-order valence-corrected chi connectivity index (χ3v) is 4.47. The summed E-state index contributed by atoms with van der Waals surface area (Å²) in [5, 5.41) is 13.7. The predicted molar refractivity (Wildman–Crippen MR) is 80.9 cm³/mol. The lowest BCUT2D eigenvalue weighted by Gasteiger charge is -2.35. The molecular weight excluding hydrogens is 290 g/mol. The number of nitrogens with zero attached hydrogens (tertiary/aromatic N) is 2. The van der Waals surface area contributed by atoms with Crippen LogP contribution >= 0.6 is 11.3 Å². The number of aliphatic hydroxyl groups is 1. The number of aliphatic hydroxyl groups excluding tert-OH is 1. The van der Waals surface area contributed by atoms with E-state index in [2.05, 4.69) is 10.2 Å². The zero-order valence-corrected chi connectivity index (χ0v) is 12.9. The Bertz CT molecular complexity index is 478. The first-order valence-corrected chi connectivity index (χ1v) is 7.88. The van der Waals surface area contributed by atoms with Crippen molar-refractivity contribution in [1.29, 1.82) is 0 Å². The predicted octanol–water partition coefficient (Wildman–Crippen LogP) is -0.111. The summed E-state index contributed by atoms with van der Waals surface area (Å²) in [6.45, 7) is 2.26. The van der Waals surface area contributed by atoms with Crippen molar-refractivity contribution in [2.75, 3.05) is 33.3 Å². The van der Waals surface area contributed by atoms with Gasteiger partial charge in [0.15, 0.2) is 0 Å². The van der Waals surface area contributed by atoms with Crippen molar-refractivity contribution in [2.45, 2.75) is 19.0 Å². The maximum absolute atomic E-state index is 12.1. The minimum Gasteiger partial charge on any atom is -0.395 e. The van der Waals surface area contributed by atoms with E-state index < -0.39 is 6.04 Å². The van der Waals surface area contributed by atoms with Crippen molar-refractivity contribution in [3.05, 3.63) is 22.4 Å². The molecular formula is C14H21N3O3S. The molecule has 1 aromatic heterocycles. The van der Waals surface area contributed by atoms with Gasteiger partial charge in [-0.2, -0.15) is 0 Å². The minimum atomic E-state index is -0.436. The first-order valence-electron chi connectivity index (χ1n) is 7.00. The fourth-order valence-corrected chi connectivity index (χ4v) is 3.10. The highest BCUT2D eigenvalue weighted by molar-refractivity contribution is 7.09. The van der Waals surface area contributed by atoms with Crippen LogP contribution < -0.4 is 5.32 Å². The van der Waals surface area contributed by atoms with E-state index in [1.54, 1.807) is 18.4 Å². The molecule has 0 bridgehead atoms. The molecule has 6 nitrogen and oxygen atoms in total. The third kappa shape index (κ3) is 4.26. The molecule has 1 aliphatic rings. The number of hydrogen-bond donors (Lipinski definition) is 2. The zero-order chi connectivity index (χ0) is 15.2. The van der Waals surface area contributed by atoms with E-state index in [1.165, 1.54) is 9.78 Å². The number of thiophene rings is 1. The highest BCUT2D eigenvalue weighted by Gasteiger charge is 2.32. The van der Waals surface area contributed by atoms with Gasteiger partial charge in [0.1, 0.15) is 0 Å². The van der Waals surface area contributed by atoms with Crippen LogP contribution in [0.3, 0.4) is 0 Å². The molecule has 0 aliphatic carbocycles. The van der Waals surface area contributed by atoms with Crippen molar-refractivity contribution in [1.82, 2.24) is 15.1 Å². The first kappa shape index (κ1) is 15.9. The number of piperazine rings is 1.